The maximum absolute atomic E-state index is 8.75. The van der Waals surface area contributed by atoms with Crippen LogP contribution >= 0.6 is 11.8 Å². The molecule has 4 nitrogen and oxygen atoms in total. The van der Waals surface area contributed by atoms with Crippen molar-refractivity contribution in [1.29, 1.82) is 0 Å². The monoisotopic (exact) mass is 254 g/mol. The Morgan fingerprint density at radius 3 is 2.94 bits per heavy atom. The number of hydrogen-bond acceptors (Lipinski definition) is 4. The molecule has 0 unspecified atom stereocenters. The summed E-state index contributed by atoms with van der Waals surface area (Å²) >= 11 is 1.71. The van der Waals surface area contributed by atoms with Crippen molar-refractivity contribution in [3.63, 3.8) is 0 Å². The summed E-state index contributed by atoms with van der Waals surface area (Å²) < 4.78 is 5.01. The number of thioether (sulfide) groups is 1. The van der Waals surface area contributed by atoms with Crippen molar-refractivity contribution in [1.82, 2.24) is 0 Å². The third-order valence-corrected chi connectivity index (χ3v) is 3.66. The molecule has 0 bridgehead atoms. The van der Waals surface area contributed by atoms with E-state index in [4.69, 9.17) is 15.7 Å². The van der Waals surface area contributed by atoms with Crippen LogP contribution in [0.4, 0.5) is 0 Å². The molecule has 0 fully saturated rings. The van der Waals surface area contributed by atoms with Crippen LogP contribution in [0.3, 0.4) is 0 Å². The van der Waals surface area contributed by atoms with E-state index in [-0.39, 0.29) is 5.84 Å². The molecule has 3 N–H and O–H groups in total. The second kappa shape index (κ2) is 7.19. The lowest BCUT2D eigenvalue weighted by Crippen LogP contribution is -2.14. The zero-order valence-corrected chi connectivity index (χ0v) is 11.0. The molecule has 0 spiro atoms. The van der Waals surface area contributed by atoms with Gasteiger partial charge in [0.1, 0.15) is 0 Å². The number of methoxy groups -OCH3 is 1. The van der Waals surface area contributed by atoms with Crippen LogP contribution in [0.2, 0.25) is 0 Å². The van der Waals surface area contributed by atoms with Crippen LogP contribution in [0.15, 0.2) is 28.3 Å². The van der Waals surface area contributed by atoms with Gasteiger partial charge in [-0.1, -0.05) is 23.4 Å². The summed E-state index contributed by atoms with van der Waals surface area (Å²) in [4.78, 5) is 1.07. The van der Waals surface area contributed by atoms with Crippen molar-refractivity contribution >= 4 is 17.6 Å². The number of oxime groups is 1. The quantitative estimate of drug-likeness (QED) is 0.204. The molecule has 0 aromatic heterocycles. The topological polar surface area (TPSA) is 67.8 Å². The van der Waals surface area contributed by atoms with Gasteiger partial charge in [0, 0.05) is 29.9 Å². The van der Waals surface area contributed by atoms with Gasteiger partial charge in [-0.2, -0.15) is 0 Å². The van der Waals surface area contributed by atoms with Crippen LogP contribution < -0.4 is 5.73 Å². The molecule has 0 radical (unpaired) electrons. The third-order valence-electron chi connectivity index (χ3n) is 2.33. The van der Waals surface area contributed by atoms with Crippen LogP contribution in [0.25, 0.3) is 0 Å². The number of rotatable bonds is 6. The van der Waals surface area contributed by atoms with E-state index < -0.39 is 0 Å². The minimum Gasteiger partial charge on any atom is -0.409 e. The number of ether oxygens (including phenoxy) is 1. The lowest BCUT2D eigenvalue weighted by Gasteiger charge is -2.10. The highest BCUT2D eigenvalue weighted by Gasteiger charge is 2.09. The van der Waals surface area contributed by atoms with Crippen LogP contribution in [0.5, 0.6) is 0 Å². The highest BCUT2D eigenvalue weighted by atomic mass is 32.2. The van der Waals surface area contributed by atoms with Gasteiger partial charge >= 0.3 is 0 Å². The molecule has 0 saturated carbocycles. The summed E-state index contributed by atoms with van der Waals surface area (Å²) in [7, 11) is 1.69. The normalized spacial score (nSPS) is 11.8. The van der Waals surface area contributed by atoms with Crippen molar-refractivity contribution < 1.29 is 9.94 Å². The number of aryl methyl sites for hydroxylation is 1. The Balaban J connectivity index is 2.81. The van der Waals surface area contributed by atoms with E-state index in [1.165, 1.54) is 0 Å². The minimum absolute atomic E-state index is 0.156. The van der Waals surface area contributed by atoms with E-state index in [2.05, 4.69) is 5.16 Å². The van der Waals surface area contributed by atoms with Crippen LogP contribution in [0.1, 0.15) is 17.5 Å². The molecule has 94 valence electrons. The first-order chi connectivity index (χ1) is 8.20. The first-order valence-electron chi connectivity index (χ1n) is 5.40. The van der Waals surface area contributed by atoms with E-state index in [1.54, 1.807) is 18.9 Å². The lowest BCUT2D eigenvalue weighted by molar-refractivity contribution is 0.200. The predicted octanol–water partition coefficient (Wildman–Crippen LogP) is 2.22. The van der Waals surface area contributed by atoms with E-state index in [0.717, 1.165) is 34.8 Å². The molecule has 0 saturated heterocycles. The highest BCUT2D eigenvalue weighted by molar-refractivity contribution is 7.99. The lowest BCUT2D eigenvalue weighted by atomic mass is 10.1. The Labute approximate surface area is 106 Å². The van der Waals surface area contributed by atoms with E-state index in [9.17, 15) is 0 Å². The van der Waals surface area contributed by atoms with Gasteiger partial charge in [-0.05, 0) is 18.9 Å². The summed E-state index contributed by atoms with van der Waals surface area (Å²) in [5.74, 6) is 1.10. The van der Waals surface area contributed by atoms with Crippen molar-refractivity contribution in [2.24, 2.45) is 10.9 Å². The second-order valence-electron chi connectivity index (χ2n) is 3.63. The number of nitrogens with zero attached hydrogens (tertiary/aromatic N) is 1. The number of nitrogens with two attached hydrogens (primary N) is 1. The summed E-state index contributed by atoms with van der Waals surface area (Å²) in [5.41, 5.74) is 7.58. The zero-order valence-electron chi connectivity index (χ0n) is 10.1. The molecule has 17 heavy (non-hydrogen) atoms. The molecule has 1 rings (SSSR count). The molecule has 1 aromatic carbocycles. The maximum Gasteiger partial charge on any atom is 0.171 e. The van der Waals surface area contributed by atoms with Crippen molar-refractivity contribution in [3.05, 3.63) is 29.3 Å². The van der Waals surface area contributed by atoms with Crippen molar-refractivity contribution in [2.45, 2.75) is 18.2 Å². The fraction of sp³-hybridized carbons (Fsp3) is 0.417. The Morgan fingerprint density at radius 1 is 1.53 bits per heavy atom. The minimum atomic E-state index is 0.156. The second-order valence-corrected chi connectivity index (χ2v) is 4.74. The zero-order chi connectivity index (χ0) is 12.7. The Kier molecular flexibility index (Phi) is 5.86. The van der Waals surface area contributed by atoms with E-state index in [0.29, 0.717) is 0 Å². The molecule has 0 aliphatic rings. The standard InChI is InChI=1S/C12H18N2O2S/c1-9-5-3-6-10(12(13)14-15)11(9)17-8-4-7-16-2/h3,5-6,15H,4,7-8H2,1-2H3,(H2,13,14). The van der Waals surface area contributed by atoms with Gasteiger partial charge in [-0.15, -0.1) is 11.8 Å². The molecule has 1 aromatic rings. The molecule has 0 aliphatic carbocycles. The molecule has 5 heteroatoms. The Bertz CT molecular complexity index is 394. The number of hydrogen-bond donors (Lipinski definition) is 2. The molecular weight excluding hydrogens is 236 g/mol. The smallest absolute Gasteiger partial charge is 0.171 e. The largest absolute Gasteiger partial charge is 0.409 e. The van der Waals surface area contributed by atoms with Crippen LogP contribution in [0, 0.1) is 6.92 Å². The van der Waals surface area contributed by atoms with Gasteiger partial charge in [0.25, 0.3) is 0 Å². The van der Waals surface area contributed by atoms with Gasteiger partial charge in [-0.3, -0.25) is 0 Å². The summed E-state index contributed by atoms with van der Waals surface area (Å²) in [5, 5.41) is 11.8. The average Bonchev–Trinajstić information content (AvgIpc) is 2.35. The van der Waals surface area contributed by atoms with Gasteiger partial charge < -0.3 is 15.7 Å². The fourth-order valence-electron chi connectivity index (χ4n) is 1.48. The summed E-state index contributed by atoms with van der Waals surface area (Å²) in [6, 6.07) is 5.79. The van der Waals surface area contributed by atoms with Gasteiger partial charge in [0.2, 0.25) is 0 Å². The van der Waals surface area contributed by atoms with E-state index >= 15 is 0 Å². The van der Waals surface area contributed by atoms with Gasteiger partial charge in [0.15, 0.2) is 5.84 Å². The maximum atomic E-state index is 8.75. The predicted molar refractivity (Wildman–Crippen MR) is 70.9 cm³/mol. The van der Waals surface area contributed by atoms with Crippen molar-refractivity contribution in [3.8, 4) is 0 Å². The third kappa shape index (κ3) is 3.94. The van der Waals surface area contributed by atoms with Crippen molar-refractivity contribution in [2.75, 3.05) is 19.5 Å². The molecule has 0 aliphatic heterocycles. The first kappa shape index (κ1) is 13.9. The van der Waals surface area contributed by atoms with Gasteiger partial charge in [0.05, 0.1) is 0 Å². The Hall–Kier alpha value is -1.20. The van der Waals surface area contributed by atoms with Crippen LogP contribution in [-0.2, 0) is 4.74 Å². The summed E-state index contributed by atoms with van der Waals surface area (Å²) in [6.07, 6.45) is 0.977. The molecule has 0 amide bonds. The van der Waals surface area contributed by atoms with Crippen LogP contribution in [-0.4, -0.2) is 30.5 Å². The SMILES string of the molecule is COCCCSc1c(C)cccc1/C(N)=N/O. The number of benzene rings is 1. The molecule has 0 atom stereocenters. The first-order valence-corrected chi connectivity index (χ1v) is 6.38. The van der Waals surface area contributed by atoms with Gasteiger partial charge in [-0.25, -0.2) is 0 Å². The molecular formula is C12H18N2O2S. The van der Waals surface area contributed by atoms with E-state index in [1.807, 2.05) is 25.1 Å². The summed E-state index contributed by atoms with van der Waals surface area (Å²) in [6.45, 7) is 2.77. The Morgan fingerprint density at radius 2 is 2.29 bits per heavy atom. The highest BCUT2D eigenvalue weighted by Crippen LogP contribution is 2.27. The fourth-order valence-corrected chi connectivity index (χ4v) is 2.57. The molecule has 0 heterocycles. The average molecular weight is 254 g/mol. The number of amidine groups is 1.